The minimum atomic E-state index is -4.90. The molecule has 3 aromatic carbocycles. The molecule has 3 N–H and O–H groups in total. The second-order valence-electron chi connectivity index (χ2n) is 7.64. The quantitative estimate of drug-likeness (QED) is 0.190. The van der Waals surface area contributed by atoms with Gasteiger partial charge in [-0.05, 0) is 37.2 Å². The third-order valence-electron chi connectivity index (χ3n) is 5.24. The average Bonchev–Trinajstić information content (AvgIpc) is 2.80. The zero-order valence-corrected chi connectivity index (χ0v) is 22.1. The molecule has 0 aliphatic carbocycles. The van der Waals surface area contributed by atoms with Gasteiger partial charge in [-0.3, -0.25) is 14.1 Å². The number of rotatable bonds is 9. The number of benzene rings is 3. The lowest BCUT2D eigenvalue weighted by Gasteiger charge is -2.10. The number of sulfone groups is 1. The summed E-state index contributed by atoms with van der Waals surface area (Å²) < 4.78 is 93.5. The molecule has 0 saturated heterocycles. The SMILES string of the molecule is C=Nc1c(O)cc(N=Nc2ccc3cc(S(=O)(=O)CCOS(=O)(=O)O)ccc3c2S(=O)(=O)O)/c(=C/C)c1=C. The van der Waals surface area contributed by atoms with E-state index < -0.39 is 47.6 Å². The van der Waals surface area contributed by atoms with Crippen LogP contribution in [0.3, 0.4) is 0 Å². The van der Waals surface area contributed by atoms with Crippen LogP contribution in [-0.2, 0) is 34.5 Å². The first-order valence-electron chi connectivity index (χ1n) is 10.4. The van der Waals surface area contributed by atoms with E-state index in [4.69, 9.17) is 4.55 Å². The van der Waals surface area contributed by atoms with E-state index in [2.05, 4.69) is 32.7 Å². The van der Waals surface area contributed by atoms with Crippen molar-refractivity contribution in [1.82, 2.24) is 0 Å². The molecule has 202 valence electrons. The Balaban J connectivity index is 2.13. The minimum absolute atomic E-state index is 0.0775. The number of aliphatic imine (C=N–C) groups is 1. The van der Waals surface area contributed by atoms with Gasteiger partial charge in [-0.25, -0.2) is 12.6 Å². The van der Waals surface area contributed by atoms with Crippen molar-refractivity contribution in [1.29, 1.82) is 0 Å². The molecule has 0 saturated carbocycles. The van der Waals surface area contributed by atoms with Crippen LogP contribution in [0.2, 0.25) is 0 Å². The lowest BCUT2D eigenvalue weighted by molar-refractivity contribution is 0.284. The van der Waals surface area contributed by atoms with Gasteiger partial charge in [0, 0.05) is 21.9 Å². The zero-order valence-electron chi connectivity index (χ0n) is 19.6. The van der Waals surface area contributed by atoms with E-state index in [9.17, 15) is 34.9 Å². The molecule has 0 aliphatic heterocycles. The molecule has 0 spiro atoms. The van der Waals surface area contributed by atoms with E-state index in [1.807, 2.05) is 0 Å². The molecule has 0 unspecified atom stereocenters. The number of nitrogens with zero attached hydrogens (tertiary/aromatic N) is 3. The Labute approximate surface area is 217 Å². The number of fused-ring (bicyclic) bond motifs is 1. The van der Waals surface area contributed by atoms with Crippen molar-refractivity contribution >= 4 is 77.6 Å². The fourth-order valence-corrected chi connectivity index (χ4v) is 5.94. The van der Waals surface area contributed by atoms with Crippen LogP contribution in [0.1, 0.15) is 6.92 Å². The standard InChI is InChI=1S/C22H21N3O10S3/c1-4-16-13(2)21(23-3)20(26)12-19(16)25-24-18-8-5-14-11-15(6-7-17(14)22(18)37(29,30)31)36(27,28)10-9-35-38(32,33)34/h4-8,11-12,26H,2-3,9-10H2,1H3,(H,29,30,31)(H,32,33,34)/b16-4+,25-24?. The van der Waals surface area contributed by atoms with Gasteiger partial charge in [-0.15, -0.1) is 10.2 Å². The van der Waals surface area contributed by atoms with Crippen LogP contribution in [0.25, 0.3) is 23.4 Å². The second-order valence-corrected chi connectivity index (χ2v) is 12.2. The maximum atomic E-state index is 12.5. The molecule has 3 aromatic rings. The molecule has 0 amide bonds. The topological polar surface area (TPSA) is 209 Å². The summed E-state index contributed by atoms with van der Waals surface area (Å²) in [5.74, 6) is -1.08. The molecule has 0 radical (unpaired) electrons. The second kappa shape index (κ2) is 10.7. The Bertz CT molecular complexity index is 1920. The summed E-state index contributed by atoms with van der Waals surface area (Å²) in [5.41, 5.74) is -0.0238. The van der Waals surface area contributed by atoms with Crippen LogP contribution in [0.15, 0.2) is 61.4 Å². The Morgan fingerprint density at radius 3 is 2.21 bits per heavy atom. The number of hydrogen-bond donors (Lipinski definition) is 3. The predicted octanol–water partition coefficient (Wildman–Crippen LogP) is 2.34. The fourth-order valence-electron chi connectivity index (χ4n) is 3.58. The summed E-state index contributed by atoms with van der Waals surface area (Å²) in [7, 11) is -13.8. The van der Waals surface area contributed by atoms with Crippen molar-refractivity contribution in [3.05, 3.63) is 46.8 Å². The molecule has 16 heteroatoms. The van der Waals surface area contributed by atoms with Crippen molar-refractivity contribution < 1.29 is 43.6 Å². The number of phenols is 1. The van der Waals surface area contributed by atoms with Crippen molar-refractivity contribution in [2.45, 2.75) is 16.7 Å². The predicted molar refractivity (Wildman–Crippen MR) is 140 cm³/mol. The van der Waals surface area contributed by atoms with E-state index in [0.717, 1.165) is 18.2 Å². The number of aromatic hydroxyl groups is 1. The highest BCUT2D eigenvalue weighted by Crippen LogP contribution is 2.35. The summed E-state index contributed by atoms with van der Waals surface area (Å²) in [6, 6.07) is 7.06. The zero-order chi connectivity index (χ0) is 28.5. The largest absolute Gasteiger partial charge is 0.506 e. The Morgan fingerprint density at radius 1 is 0.974 bits per heavy atom. The lowest BCUT2D eigenvalue weighted by atomic mass is 10.1. The number of hydrogen-bond acceptors (Lipinski definition) is 11. The highest BCUT2D eigenvalue weighted by molar-refractivity contribution is 7.91. The lowest BCUT2D eigenvalue weighted by Crippen LogP contribution is -2.23. The van der Waals surface area contributed by atoms with Crippen molar-refractivity contribution in [3.63, 3.8) is 0 Å². The van der Waals surface area contributed by atoms with E-state index >= 15 is 0 Å². The molecule has 3 rings (SSSR count). The molecule has 0 aliphatic rings. The molecule has 0 aromatic heterocycles. The first-order valence-corrected chi connectivity index (χ1v) is 14.8. The van der Waals surface area contributed by atoms with Crippen LogP contribution >= 0.6 is 0 Å². The molecule has 0 fully saturated rings. The van der Waals surface area contributed by atoms with Crippen LogP contribution < -0.4 is 10.4 Å². The molecule has 38 heavy (non-hydrogen) atoms. The molecule has 0 atom stereocenters. The summed E-state index contributed by atoms with van der Waals surface area (Å²) >= 11 is 0. The van der Waals surface area contributed by atoms with Crippen molar-refractivity contribution in [2.24, 2.45) is 15.2 Å². The van der Waals surface area contributed by atoms with E-state index in [1.165, 1.54) is 18.2 Å². The van der Waals surface area contributed by atoms with Gasteiger partial charge in [-0.2, -0.15) is 16.8 Å². The summed E-state index contributed by atoms with van der Waals surface area (Å²) in [4.78, 5) is 2.77. The fraction of sp³-hybridized carbons (Fsp3) is 0.136. The maximum absolute atomic E-state index is 12.5. The first kappa shape index (κ1) is 29.0. The van der Waals surface area contributed by atoms with Crippen LogP contribution in [-0.4, -0.2) is 58.5 Å². The number of phenolic OH excluding ortho intramolecular Hbond substituents is 1. The summed E-state index contributed by atoms with van der Waals surface area (Å²) in [6.45, 7) is 8.03. The Morgan fingerprint density at radius 2 is 1.63 bits per heavy atom. The van der Waals surface area contributed by atoms with E-state index in [-0.39, 0.29) is 38.5 Å². The molecule has 13 nitrogen and oxygen atoms in total. The Kier molecular flexibility index (Phi) is 8.16. The van der Waals surface area contributed by atoms with Gasteiger partial charge in [0.1, 0.15) is 22.0 Å². The summed E-state index contributed by atoms with van der Waals surface area (Å²) in [5, 5.41) is 18.9. The Hall–Kier alpha value is -3.54. The van der Waals surface area contributed by atoms with Crippen molar-refractivity contribution in [2.75, 3.05) is 12.4 Å². The first-order chi connectivity index (χ1) is 17.6. The van der Waals surface area contributed by atoms with Gasteiger partial charge >= 0.3 is 10.4 Å². The maximum Gasteiger partial charge on any atom is 0.397 e. The van der Waals surface area contributed by atoms with Crippen molar-refractivity contribution in [3.8, 4) is 5.75 Å². The van der Waals surface area contributed by atoms with E-state index in [0.29, 0.717) is 10.4 Å². The smallest absolute Gasteiger partial charge is 0.397 e. The summed E-state index contributed by atoms with van der Waals surface area (Å²) in [6.07, 6.45) is 1.62. The third-order valence-corrected chi connectivity index (χ3v) is 8.32. The average molecular weight is 584 g/mol. The molecule has 0 heterocycles. The molecular weight excluding hydrogens is 562 g/mol. The van der Waals surface area contributed by atoms with Gasteiger partial charge in [0.2, 0.25) is 0 Å². The van der Waals surface area contributed by atoms with Gasteiger partial charge in [-0.1, -0.05) is 24.8 Å². The van der Waals surface area contributed by atoms with Crippen LogP contribution in [0.5, 0.6) is 5.75 Å². The number of azo groups is 1. The molecule has 0 bridgehead atoms. The van der Waals surface area contributed by atoms with Crippen LogP contribution in [0.4, 0.5) is 17.1 Å². The molecular formula is C22H21N3O10S3. The highest BCUT2D eigenvalue weighted by atomic mass is 32.3. The van der Waals surface area contributed by atoms with Gasteiger partial charge in [0.15, 0.2) is 9.84 Å². The van der Waals surface area contributed by atoms with E-state index in [1.54, 1.807) is 13.0 Å². The monoisotopic (exact) mass is 583 g/mol. The van der Waals surface area contributed by atoms with Gasteiger partial charge in [0.05, 0.1) is 22.9 Å². The minimum Gasteiger partial charge on any atom is -0.506 e. The van der Waals surface area contributed by atoms with Crippen LogP contribution in [0, 0.1) is 0 Å². The van der Waals surface area contributed by atoms with Gasteiger partial charge < -0.3 is 5.11 Å². The van der Waals surface area contributed by atoms with Gasteiger partial charge in [0.25, 0.3) is 10.1 Å². The normalized spacial score (nSPS) is 13.4. The highest BCUT2D eigenvalue weighted by Gasteiger charge is 2.22. The third kappa shape index (κ3) is 6.29.